The minimum Gasteiger partial charge on any atom is -0.282 e. The molecule has 0 aromatic carbocycles. The maximum absolute atomic E-state index is 3.00. The first-order chi connectivity index (χ1) is 9.45. The van der Waals surface area contributed by atoms with E-state index in [1.807, 2.05) is 0 Å². The molecule has 0 amide bonds. The van der Waals surface area contributed by atoms with Gasteiger partial charge in [0.2, 0.25) is 0 Å². The van der Waals surface area contributed by atoms with Crippen LogP contribution in [0, 0.1) is 0 Å². The maximum atomic E-state index is 3.00. The molecule has 1 heterocycles. The highest BCUT2D eigenvalue weighted by Crippen LogP contribution is 2.58. The zero-order valence-corrected chi connectivity index (χ0v) is 13.6. The van der Waals surface area contributed by atoms with Crippen LogP contribution < -0.4 is 0 Å². The fourth-order valence-electron chi connectivity index (χ4n) is 4.56. The highest BCUT2D eigenvalue weighted by molar-refractivity contribution is 7.56. The largest absolute Gasteiger partial charge is 0.282 e. The lowest BCUT2D eigenvalue weighted by Gasteiger charge is -2.46. The van der Waals surface area contributed by atoms with Crippen molar-refractivity contribution in [3.05, 3.63) is 0 Å². The molecule has 2 saturated carbocycles. The third-order valence-corrected chi connectivity index (χ3v) is 9.14. The highest BCUT2D eigenvalue weighted by atomic mass is 31.1. The molecule has 0 bridgehead atoms. The summed E-state index contributed by atoms with van der Waals surface area (Å²) < 4.78 is 3.00. The second-order valence-corrected chi connectivity index (χ2v) is 9.76. The Hall–Kier alpha value is 0.390. The first-order valence-electron chi connectivity index (χ1n) is 8.98. The van der Waals surface area contributed by atoms with Crippen molar-refractivity contribution in [2.45, 2.75) is 94.8 Å². The van der Waals surface area contributed by atoms with Gasteiger partial charge in [-0.05, 0) is 57.9 Å². The summed E-state index contributed by atoms with van der Waals surface area (Å²) in [4.78, 5) is 0. The molecule has 1 aliphatic heterocycles. The highest BCUT2D eigenvalue weighted by Gasteiger charge is 2.35. The van der Waals surface area contributed by atoms with Crippen LogP contribution in [-0.4, -0.2) is 29.1 Å². The molecule has 0 N–H and O–H groups in total. The number of hydrogen-bond donors (Lipinski definition) is 0. The van der Waals surface area contributed by atoms with Gasteiger partial charge in [0.05, 0.1) is 0 Å². The summed E-state index contributed by atoms with van der Waals surface area (Å²) in [7, 11) is 0.218. The average Bonchev–Trinajstić information content (AvgIpc) is 2.51. The van der Waals surface area contributed by atoms with Crippen molar-refractivity contribution in [1.29, 1.82) is 0 Å². The zero-order chi connectivity index (χ0) is 12.9. The van der Waals surface area contributed by atoms with Gasteiger partial charge in [-0.2, -0.15) is 0 Å². The minimum atomic E-state index is 0.218. The Morgan fingerprint density at radius 1 is 0.526 bits per heavy atom. The van der Waals surface area contributed by atoms with E-state index in [0.717, 1.165) is 11.3 Å². The average molecular weight is 281 g/mol. The standard InChI is InChI=1S/C17H32NP/c1-4-10-16(11-5-1)19(17-12-6-2-7-13-17)18-14-8-3-9-15-18/h16-17H,1-15H2. The summed E-state index contributed by atoms with van der Waals surface area (Å²) in [6.07, 6.45) is 19.9. The van der Waals surface area contributed by atoms with E-state index in [2.05, 4.69) is 4.67 Å². The van der Waals surface area contributed by atoms with E-state index in [4.69, 9.17) is 0 Å². The molecule has 3 aliphatic rings. The van der Waals surface area contributed by atoms with Crippen molar-refractivity contribution in [1.82, 2.24) is 4.67 Å². The van der Waals surface area contributed by atoms with Crippen LogP contribution >= 0.6 is 8.07 Å². The van der Waals surface area contributed by atoms with Gasteiger partial charge in [-0.25, -0.2) is 0 Å². The van der Waals surface area contributed by atoms with Gasteiger partial charge in [0.15, 0.2) is 0 Å². The van der Waals surface area contributed by atoms with Gasteiger partial charge in [-0.3, -0.25) is 4.67 Å². The molecule has 3 fully saturated rings. The van der Waals surface area contributed by atoms with Gasteiger partial charge in [-0.1, -0.05) is 44.9 Å². The molecule has 2 heteroatoms. The second-order valence-electron chi connectivity index (χ2n) is 6.98. The monoisotopic (exact) mass is 281 g/mol. The summed E-state index contributed by atoms with van der Waals surface area (Å²) in [6.45, 7) is 2.89. The smallest absolute Gasteiger partial charge is 0.00211 e. The summed E-state index contributed by atoms with van der Waals surface area (Å²) in [6, 6.07) is 0. The van der Waals surface area contributed by atoms with E-state index in [1.54, 1.807) is 25.7 Å². The Bertz CT molecular complexity index is 207. The van der Waals surface area contributed by atoms with Crippen LogP contribution in [0.15, 0.2) is 0 Å². The van der Waals surface area contributed by atoms with Crippen LogP contribution in [-0.2, 0) is 0 Å². The van der Waals surface area contributed by atoms with Gasteiger partial charge in [-0.15, -0.1) is 0 Å². The predicted octanol–water partition coefficient (Wildman–Crippen LogP) is 5.53. The predicted molar refractivity (Wildman–Crippen MR) is 86.1 cm³/mol. The number of hydrogen-bond acceptors (Lipinski definition) is 1. The van der Waals surface area contributed by atoms with E-state index in [1.165, 1.54) is 70.9 Å². The molecular formula is C17H32NP. The van der Waals surface area contributed by atoms with Gasteiger partial charge in [0.25, 0.3) is 0 Å². The molecule has 1 saturated heterocycles. The molecule has 3 rings (SSSR count). The summed E-state index contributed by atoms with van der Waals surface area (Å²) in [5, 5.41) is 0. The van der Waals surface area contributed by atoms with Gasteiger partial charge >= 0.3 is 0 Å². The van der Waals surface area contributed by atoms with Crippen LogP contribution in [0.2, 0.25) is 0 Å². The molecule has 0 spiro atoms. The topological polar surface area (TPSA) is 3.24 Å². The lowest BCUT2D eigenvalue weighted by molar-refractivity contribution is 0.350. The molecule has 0 atom stereocenters. The normalized spacial score (nSPS) is 28.9. The molecule has 0 unspecified atom stereocenters. The van der Waals surface area contributed by atoms with Crippen molar-refractivity contribution in [3.63, 3.8) is 0 Å². The van der Waals surface area contributed by atoms with Crippen LogP contribution in [0.25, 0.3) is 0 Å². The maximum Gasteiger partial charge on any atom is 0.00211 e. The van der Waals surface area contributed by atoms with Crippen molar-refractivity contribution in [2.75, 3.05) is 13.1 Å². The van der Waals surface area contributed by atoms with E-state index < -0.39 is 0 Å². The zero-order valence-electron chi connectivity index (χ0n) is 12.7. The third kappa shape index (κ3) is 3.73. The fraction of sp³-hybridized carbons (Fsp3) is 1.00. The second kappa shape index (κ2) is 7.41. The Kier molecular flexibility index (Phi) is 5.59. The van der Waals surface area contributed by atoms with Crippen molar-refractivity contribution < 1.29 is 0 Å². The first-order valence-corrected chi connectivity index (χ1v) is 10.4. The molecule has 0 aromatic rings. The summed E-state index contributed by atoms with van der Waals surface area (Å²) in [5.74, 6) is 0. The quantitative estimate of drug-likeness (QED) is 0.614. The Balaban J connectivity index is 1.68. The summed E-state index contributed by atoms with van der Waals surface area (Å²) in [5.41, 5.74) is 2.23. The lowest BCUT2D eigenvalue weighted by atomic mass is 9.99. The summed E-state index contributed by atoms with van der Waals surface area (Å²) >= 11 is 0. The van der Waals surface area contributed by atoms with Gasteiger partial charge in [0.1, 0.15) is 0 Å². The lowest BCUT2D eigenvalue weighted by Crippen LogP contribution is -2.34. The Morgan fingerprint density at radius 3 is 1.42 bits per heavy atom. The minimum absolute atomic E-state index is 0.218. The van der Waals surface area contributed by atoms with Crippen LogP contribution in [0.5, 0.6) is 0 Å². The Morgan fingerprint density at radius 2 is 0.947 bits per heavy atom. The number of piperidine rings is 1. The van der Waals surface area contributed by atoms with E-state index in [9.17, 15) is 0 Å². The number of nitrogens with zero attached hydrogens (tertiary/aromatic N) is 1. The number of rotatable bonds is 3. The van der Waals surface area contributed by atoms with E-state index >= 15 is 0 Å². The molecule has 2 aliphatic carbocycles. The third-order valence-electron chi connectivity index (χ3n) is 5.56. The molecule has 0 aromatic heterocycles. The molecular weight excluding hydrogens is 249 g/mol. The van der Waals surface area contributed by atoms with Crippen LogP contribution in [0.3, 0.4) is 0 Å². The SMILES string of the molecule is C1CCC(P(C2CCCCC2)N2CCCCC2)CC1. The van der Waals surface area contributed by atoms with Crippen molar-refractivity contribution in [2.24, 2.45) is 0 Å². The Labute approximate surface area is 121 Å². The molecule has 0 radical (unpaired) electrons. The van der Waals surface area contributed by atoms with Gasteiger partial charge < -0.3 is 0 Å². The van der Waals surface area contributed by atoms with Crippen LogP contribution in [0.1, 0.15) is 83.5 Å². The molecule has 1 nitrogen and oxygen atoms in total. The van der Waals surface area contributed by atoms with E-state index in [-0.39, 0.29) is 8.07 Å². The molecule has 19 heavy (non-hydrogen) atoms. The van der Waals surface area contributed by atoms with Crippen molar-refractivity contribution in [3.8, 4) is 0 Å². The van der Waals surface area contributed by atoms with Gasteiger partial charge in [0, 0.05) is 13.1 Å². The first kappa shape index (κ1) is 14.3. The molecule has 110 valence electrons. The fourth-order valence-corrected chi connectivity index (χ4v) is 8.61. The van der Waals surface area contributed by atoms with E-state index in [0.29, 0.717) is 0 Å². The van der Waals surface area contributed by atoms with Crippen molar-refractivity contribution >= 4 is 8.07 Å². The van der Waals surface area contributed by atoms with Crippen LogP contribution in [0.4, 0.5) is 0 Å².